The quantitative estimate of drug-likeness (QED) is 0.607. The van der Waals surface area contributed by atoms with Gasteiger partial charge in [0, 0.05) is 35.9 Å². The molecule has 1 aliphatic carbocycles. The minimum atomic E-state index is -0.761. The van der Waals surface area contributed by atoms with Gasteiger partial charge in [0.1, 0.15) is 0 Å². The van der Waals surface area contributed by atoms with Crippen molar-refractivity contribution >= 4 is 10.8 Å². The van der Waals surface area contributed by atoms with Gasteiger partial charge in [-0.3, -0.25) is 4.21 Å². The van der Waals surface area contributed by atoms with Crippen molar-refractivity contribution in [2.75, 3.05) is 31.7 Å². The summed E-state index contributed by atoms with van der Waals surface area (Å²) >= 11 is 0. The molecule has 0 heterocycles. The second kappa shape index (κ2) is 8.17. The highest BCUT2D eigenvalue weighted by molar-refractivity contribution is 7.84. The number of aliphatic hydroxyl groups excluding tert-OH is 1. The van der Waals surface area contributed by atoms with Gasteiger partial charge in [0.15, 0.2) is 0 Å². The molecule has 2 atom stereocenters. The largest absolute Gasteiger partial charge is 0.389 e. The van der Waals surface area contributed by atoms with Crippen LogP contribution in [0.3, 0.4) is 0 Å². The summed E-state index contributed by atoms with van der Waals surface area (Å²) in [4.78, 5) is 0. The van der Waals surface area contributed by atoms with Crippen LogP contribution in [-0.2, 0) is 15.5 Å². The number of ether oxygens (including phenoxy) is 1. The molecular formula is C11H23NO3S. The Labute approximate surface area is 100 Å². The van der Waals surface area contributed by atoms with E-state index in [1.54, 1.807) is 6.26 Å². The Morgan fingerprint density at radius 1 is 1.50 bits per heavy atom. The first-order chi connectivity index (χ1) is 7.68. The van der Waals surface area contributed by atoms with E-state index < -0.39 is 16.9 Å². The van der Waals surface area contributed by atoms with Crippen LogP contribution >= 0.6 is 0 Å². The van der Waals surface area contributed by atoms with E-state index in [0.29, 0.717) is 31.6 Å². The van der Waals surface area contributed by atoms with Gasteiger partial charge in [-0.15, -0.1) is 0 Å². The Bertz CT molecular complexity index is 207. The number of nitrogens with one attached hydrogen (secondary N) is 1. The molecule has 0 aromatic heterocycles. The Balaban J connectivity index is 1.93. The zero-order valence-corrected chi connectivity index (χ0v) is 10.8. The molecule has 16 heavy (non-hydrogen) atoms. The fourth-order valence-corrected chi connectivity index (χ4v) is 2.28. The van der Waals surface area contributed by atoms with Gasteiger partial charge >= 0.3 is 0 Å². The lowest BCUT2D eigenvalue weighted by molar-refractivity contribution is -0.00520. The van der Waals surface area contributed by atoms with Crippen LogP contribution in [0.1, 0.15) is 25.7 Å². The van der Waals surface area contributed by atoms with E-state index >= 15 is 0 Å². The number of rotatable bonds is 8. The monoisotopic (exact) mass is 249 g/mol. The average Bonchev–Trinajstić information content (AvgIpc) is 2.74. The molecule has 0 bridgehead atoms. The first-order valence-electron chi connectivity index (χ1n) is 5.99. The molecule has 0 aliphatic heterocycles. The zero-order valence-electron chi connectivity index (χ0n) is 9.98. The van der Waals surface area contributed by atoms with Gasteiger partial charge in [0.05, 0.1) is 18.8 Å². The molecule has 96 valence electrons. The SMILES string of the molecule is CS(=O)CCNCC(O)COC1CCCC1. The zero-order chi connectivity index (χ0) is 11.8. The molecule has 0 amide bonds. The van der Waals surface area contributed by atoms with Crippen LogP contribution in [0.15, 0.2) is 0 Å². The van der Waals surface area contributed by atoms with Crippen LogP contribution < -0.4 is 5.32 Å². The Morgan fingerprint density at radius 2 is 2.19 bits per heavy atom. The third-order valence-corrected chi connectivity index (χ3v) is 3.55. The van der Waals surface area contributed by atoms with Crippen LogP contribution in [0.5, 0.6) is 0 Å². The minimum absolute atomic E-state index is 0.359. The highest BCUT2D eigenvalue weighted by Gasteiger charge is 2.16. The highest BCUT2D eigenvalue weighted by Crippen LogP contribution is 2.20. The third-order valence-electron chi connectivity index (χ3n) is 2.77. The fourth-order valence-electron chi connectivity index (χ4n) is 1.85. The Kier molecular flexibility index (Phi) is 7.20. The molecular weight excluding hydrogens is 226 g/mol. The topological polar surface area (TPSA) is 58.6 Å². The molecule has 4 nitrogen and oxygen atoms in total. The average molecular weight is 249 g/mol. The maximum atomic E-state index is 10.8. The minimum Gasteiger partial charge on any atom is -0.389 e. The van der Waals surface area contributed by atoms with Crippen molar-refractivity contribution in [3.8, 4) is 0 Å². The summed E-state index contributed by atoms with van der Waals surface area (Å²) in [6.45, 7) is 1.61. The maximum absolute atomic E-state index is 10.8. The lowest BCUT2D eigenvalue weighted by Crippen LogP contribution is -2.33. The van der Waals surface area contributed by atoms with E-state index in [1.165, 1.54) is 12.8 Å². The van der Waals surface area contributed by atoms with E-state index in [2.05, 4.69) is 5.32 Å². The molecule has 0 saturated heterocycles. The molecule has 0 spiro atoms. The summed E-state index contributed by atoms with van der Waals surface area (Å²) in [5, 5.41) is 12.7. The summed E-state index contributed by atoms with van der Waals surface area (Å²) in [7, 11) is -0.761. The standard InChI is InChI=1S/C11H23NO3S/c1-16(14)7-6-12-8-10(13)9-15-11-4-2-3-5-11/h10-13H,2-9H2,1H3. The molecule has 5 heteroatoms. The van der Waals surface area contributed by atoms with E-state index in [-0.39, 0.29) is 0 Å². The molecule has 2 N–H and O–H groups in total. The van der Waals surface area contributed by atoms with Crippen LogP contribution in [0, 0.1) is 0 Å². The second-order valence-electron chi connectivity index (χ2n) is 4.38. The lowest BCUT2D eigenvalue weighted by atomic mass is 10.3. The summed E-state index contributed by atoms with van der Waals surface area (Å²) in [5.74, 6) is 0.635. The van der Waals surface area contributed by atoms with Gasteiger partial charge in [0.2, 0.25) is 0 Å². The van der Waals surface area contributed by atoms with Gasteiger partial charge in [-0.25, -0.2) is 0 Å². The predicted molar refractivity (Wildman–Crippen MR) is 66.0 cm³/mol. The van der Waals surface area contributed by atoms with Gasteiger partial charge in [-0.2, -0.15) is 0 Å². The molecule has 1 fully saturated rings. The first kappa shape index (κ1) is 14.1. The van der Waals surface area contributed by atoms with Crippen molar-refractivity contribution in [1.82, 2.24) is 5.32 Å². The van der Waals surface area contributed by atoms with Gasteiger partial charge in [0.25, 0.3) is 0 Å². The highest BCUT2D eigenvalue weighted by atomic mass is 32.2. The molecule has 0 aromatic carbocycles. The predicted octanol–water partition coefficient (Wildman–Crippen LogP) is 0.275. The molecule has 1 aliphatic rings. The summed E-state index contributed by atoms with van der Waals surface area (Å²) in [6.07, 6.45) is 6.36. The van der Waals surface area contributed by atoms with Crippen molar-refractivity contribution in [2.45, 2.75) is 37.9 Å². The van der Waals surface area contributed by atoms with E-state index in [4.69, 9.17) is 4.74 Å². The molecule has 2 unspecified atom stereocenters. The maximum Gasteiger partial charge on any atom is 0.0897 e. The second-order valence-corrected chi connectivity index (χ2v) is 5.93. The Hall–Kier alpha value is 0.0300. The normalized spacial score (nSPS) is 21.1. The van der Waals surface area contributed by atoms with Crippen LogP contribution in [0.4, 0.5) is 0 Å². The van der Waals surface area contributed by atoms with Crippen molar-refractivity contribution in [3.05, 3.63) is 0 Å². The fraction of sp³-hybridized carbons (Fsp3) is 1.00. The smallest absolute Gasteiger partial charge is 0.0897 e. The summed E-state index contributed by atoms with van der Waals surface area (Å²) in [6, 6.07) is 0. The molecule has 0 aromatic rings. The van der Waals surface area contributed by atoms with Crippen molar-refractivity contribution < 1.29 is 14.1 Å². The first-order valence-corrected chi connectivity index (χ1v) is 7.71. The van der Waals surface area contributed by atoms with E-state index in [9.17, 15) is 9.32 Å². The third kappa shape index (κ3) is 6.58. The van der Waals surface area contributed by atoms with E-state index in [0.717, 1.165) is 12.8 Å². The van der Waals surface area contributed by atoms with Gasteiger partial charge < -0.3 is 15.2 Å². The summed E-state index contributed by atoms with van der Waals surface area (Å²) in [5.41, 5.74) is 0. The summed E-state index contributed by atoms with van der Waals surface area (Å²) < 4.78 is 16.4. The van der Waals surface area contributed by atoms with Crippen molar-refractivity contribution in [2.24, 2.45) is 0 Å². The number of aliphatic hydroxyl groups is 1. The molecule has 1 rings (SSSR count). The lowest BCUT2D eigenvalue weighted by Gasteiger charge is -2.15. The van der Waals surface area contributed by atoms with Crippen molar-refractivity contribution in [1.29, 1.82) is 0 Å². The number of hydrogen-bond donors (Lipinski definition) is 2. The van der Waals surface area contributed by atoms with Crippen LogP contribution in [0.25, 0.3) is 0 Å². The van der Waals surface area contributed by atoms with Crippen molar-refractivity contribution in [3.63, 3.8) is 0 Å². The van der Waals surface area contributed by atoms with Gasteiger partial charge in [-0.05, 0) is 12.8 Å². The Morgan fingerprint density at radius 3 is 2.81 bits per heavy atom. The number of hydrogen-bond acceptors (Lipinski definition) is 4. The van der Waals surface area contributed by atoms with Crippen LogP contribution in [0.2, 0.25) is 0 Å². The van der Waals surface area contributed by atoms with E-state index in [1.807, 2.05) is 0 Å². The molecule has 0 radical (unpaired) electrons. The van der Waals surface area contributed by atoms with Crippen LogP contribution in [-0.4, -0.2) is 53.2 Å². The molecule has 1 saturated carbocycles. The van der Waals surface area contributed by atoms with Gasteiger partial charge in [-0.1, -0.05) is 12.8 Å².